The van der Waals surface area contributed by atoms with Crippen LogP contribution in [-0.4, -0.2) is 39.7 Å². The highest BCUT2D eigenvalue weighted by atomic mass is 32.2. The van der Waals surface area contributed by atoms with Crippen molar-refractivity contribution in [3.05, 3.63) is 42.2 Å². The highest BCUT2D eigenvalue weighted by molar-refractivity contribution is 8.13. The lowest BCUT2D eigenvalue weighted by atomic mass is 10.1. The first kappa shape index (κ1) is 16.0. The van der Waals surface area contributed by atoms with E-state index in [9.17, 15) is 9.59 Å². The van der Waals surface area contributed by atoms with E-state index >= 15 is 0 Å². The Morgan fingerprint density at radius 3 is 2.91 bits per heavy atom. The number of pyridine rings is 1. The van der Waals surface area contributed by atoms with Crippen molar-refractivity contribution in [3.63, 3.8) is 0 Å². The van der Waals surface area contributed by atoms with Crippen molar-refractivity contribution < 1.29 is 9.59 Å². The molecule has 1 aromatic heterocycles. The fourth-order valence-corrected chi connectivity index (χ4v) is 3.63. The molecule has 1 aromatic carbocycles. The van der Waals surface area contributed by atoms with Gasteiger partial charge in [-0.1, -0.05) is 36.0 Å². The smallest absolute Gasteiger partial charge is 0.222 e. The van der Waals surface area contributed by atoms with Gasteiger partial charge in [-0.15, -0.1) is 0 Å². The molecule has 5 heteroatoms. The maximum Gasteiger partial charge on any atom is 0.222 e. The molecule has 120 valence electrons. The van der Waals surface area contributed by atoms with Gasteiger partial charge in [0.2, 0.25) is 5.91 Å². The molecule has 0 bridgehead atoms. The van der Waals surface area contributed by atoms with E-state index in [1.807, 2.05) is 29.3 Å². The lowest BCUT2D eigenvalue weighted by Gasteiger charge is -2.16. The third-order valence-corrected chi connectivity index (χ3v) is 5.19. The monoisotopic (exact) mass is 328 g/mol. The van der Waals surface area contributed by atoms with Gasteiger partial charge in [-0.05, 0) is 17.4 Å². The minimum absolute atomic E-state index is 0.122. The van der Waals surface area contributed by atoms with Crippen molar-refractivity contribution >= 4 is 33.6 Å². The molecule has 1 saturated heterocycles. The number of likely N-dealkylation sites (tertiary alicyclic amines) is 1. The van der Waals surface area contributed by atoms with Gasteiger partial charge >= 0.3 is 0 Å². The second kappa shape index (κ2) is 7.13. The van der Waals surface area contributed by atoms with E-state index in [1.54, 1.807) is 6.92 Å². The van der Waals surface area contributed by atoms with Gasteiger partial charge in [0.25, 0.3) is 0 Å². The van der Waals surface area contributed by atoms with Crippen LogP contribution < -0.4 is 0 Å². The van der Waals surface area contributed by atoms with Gasteiger partial charge in [-0.25, -0.2) is 0 Å². The molecule has 2 heterocycles. The highest BCUT2D eigenvalue weighted by Crippen LogP contribution is 2.22. The van der Waals surface area contributed by atoms with Gasteiger partial charge in [-0.2, -0.15) is 0 Å². The molecule has 0 radical (unpaired) electrons. The zero-order valence-electron chi connectivity index (χ0n) is 13.2. The quantitative estimate of drug-likeness (QED) is 0.847. The number of nitrogens with zero attached hydrogens (tertiary/aromatic N) is 2. The Labute approximate surface area is 140 Å². The zero-order chi connectivity index (χ0) is 16.2. The summed E-state index contributed by atoms with van der Waals surface area (Å²) in [6.07, 6.45) is 3.22. The second-order valence-electron chi connectivity index (χ2n) is 5.99. The third kappa shape index (κ3) is 4.10. The summed E-state index contributed by atoms with van der Waals surface area (Å²) in [4.78, 5) is 29.5. The second-order valence-corrected chi connectivity index (χ2v) is 7.18. The van der Waals surface area contributed by atoms with Crippen LogP contribution in [0.1, 0.15) is 19.0 Å². The molecule has 3 rings (SSSR count). The molecule has 1 fully saturated rings. The molecule has 1 aliphatic rings. The maximum atomic E-state index is 12.1. The van der Waals surface area contributed by atoms with E-state index in [0.29, 0.717) is 18.9 Å². The van der Waals surface area contributed by atoms with Crippen LogP contribution in [0.2, 0.25) is 0 Å². The Kier molecular flexibility index (Phi) is 4.96. The summed E-state index contributed by atoms with van der Waals surface area (Å²) in [5.41, 5.74) is 1.01. The van der Waals surface area contributed by atoms with Gasteiger partial charge in [0, 0.05) is 55.9 Å². The van der Waals surface area contributed by atoms with Crippen molar-refractivity contribution in [2.24, 2.45) is 5.92 Å². The standard InChI is InChI=1S/C18H20N2O2S/c1-13(21)23-12-14-8-18(22)20(11-14)7-6-17-9-15-4-2-3-5-16(15)10-19-17/h2-5,9-10,14H,6-8,11-12H2,1H3. The number of benzene rings is 1. The third-order valence-electron chi connectivity index (χ3n) is 4.14. The molecule has 0 N–H and O–H groups in total. The van der Waals surface area contributed by atoms with E-state index < -0.39 is 0 Å². The van der Waals surface area contributed by atoms with Crippen molar-refractivity contribution in [2.45, 2.75) is 19.8 Å². The van der Waals surface area contributed by atoms with Gasteiger partial charge in [0.1, 0.15) is 0 Å². The Balaban J connectivity index is 1.56. The Hall–Kier alpha value is -1.88. The van der Waals surface area contributed by atoms with Crippen LogP contribution in [0.15, 0.2) is 36.5 Å². The van der Waals surface area contributed by atoms with E-state index in [4.69, 9.17) is 0 Å². The molecule has 1 amide bonds. The van der Waals surface area contributed by atoms with Crippen molar-refractivity contribution in [2.75, 3.05) is 18.8 Å². The van der Waals surface area contributed by atoms with Gasteiger partial charge in [0.05, 0.1) is 0 Å². The summed E-state index contributed by atoms with van der Waals surface area (Å²) in [5.74, 6) is 1.23. The summed E-state index contributed by atoms with van der Waals surface area (Å²) < 4.78 is 0. The number of fused-ring (bicyclic) bond motifs is 1. The predicted octanol–water partition coefficient (Wildman–Crippen LogP) is 2.91. The van der Waals surface area contributed by atoms with Crippen molar-refractivity contribution in [3.8, 4) is 0 Å². The number of rotatable bonds is 5. The number of thioether (sulfide) groups is 1. The van der Waals surface area contributed by atoms with Crippen LogP contribution in [0.3, 0.4) is 0 Å². The fourth-order valence-electron chi connectivity index (χ4n) is 2.93. The Morgan fingerprint density at radius 2 is 2.13 bits per heavy atom. The van der Waals surface area contributed by atoms with Crippen LogP contribution in [0.4, 0.5) is 0 Å². The molecular weight excluding hydrogens is 308 g/mol. The average molecular weight is 328 g/mol. The predicted molar refractivity (Wildman–Crippen MR) is 93.3 cm³/mol. The fraction of sp³-hybridized carbons (Fsp3) is 0.389. The molecule has 0 aliphatic carbocycles. The molecule has 4 nitrogen and oxygen atoms in total. The topological polar surface area (TPSA) is 50.3 Å². The van der Waals surface area contributed by atoms with E-state index in [-0.39, 0.29) is 11.0 Å². The van der Waals surface area contributed by atoms with Gasteiger partial charge in [0.15, 0.2) is 5.12 Å². The summed E-state index contributed by atoms with van der Waals surface area (Å²) in [5, 5.41) is 2.44. The maximum absolute atomic E-state index is 12.1. The van der Waals surface area contributed by atoms with Crippen LogP contribution in [0.25, 0.3) is 10.8 Å². The SMILES string of the molecule is CC(=O)SCC1CC(=O)N(CCc2cc3ccccc3cn2)C1. The Morgan fingerprint density at radius 1 is 1.35 bits per heavy atom. The lowest BCUT2D eigenvalue weighted by Crippen LogP contribution is -2.28. The van der Waals surface area contributed by atoms with Gasteiger partial charge in [-0.3, -0.25) is 14.6 Å². The first-order chi connectivity index (χ1) is 11.1. The van der Waals surface area contributed by atoms with Crippen LogP contribution in [0.5, 0.6) is 0 Å². The molecule has 1 atom stereocenters. The van der Waals surface area contributed by atoms with Crippen LogP contribution in [-0.2, 0) is 16.0 Å². The van der Waals surface area contributed by atoms with E-state index in [1.165, 1.54) is 17.1 Å². The molecule has 23 heavy (non-hydrogen) atoms. The number of carbonyl (C=O) groups excluding carboxylic acids is 2. The van der Waals surface area contributed by atoms with Crippen molar-refractivity contribution in [1.82, 2.24) is 9.88 Å². The molecule has 2 aromatic rings. The first-order valence-corrected chi connectivity index (χ1v) is 8.85. The highest BCUT2D eigenvalue weighted by Gasteiger charge is 2.29. The van der Waals surface area contributed by atoms with Crippen LogP contribution in [0, 0.1) is 5.92 Å². The average Bonchev–Trinajstić information content (AvgIpc) is 2.91. The first-order valence-electron chi connectivity index (χ1n) is 7.86. The molecule has 1 aliphatic heterocycles. The molecule has 0 spiro atoms. The summed E-state index contributed by atoms with van der Waals surface area (Å²) in [6.45, 7) is 3.03. The molecule has 1 unspecified atom stereocenters. The zero-order valence-corrected chi connectivity index (χ0v) is 14.0. The normalized spacial score (nSPS) is 17.9. The molecule has 0 saturated carbocycles. The number of aromatic nitrogens is 1. The largest absolute Gasteiger partial charge is 0.342 e. The number of hydrogen-bond acceptors (Lipinski definition) is 4. The summed E-state index contributed by atoms with van der Waals surface area (Å²) in [7, 11) is 0. The number of amides is 1. The summed E-state index contributed by atoms with van der Waals surface area (Å²) in [6, 6.07) is 10.3. The van der Waals surface area contributed by atoms with Crippen molar-refractivity contribution in [1.29, 1.82) is 0 Å². The molecular formula is C18H20N2O2S. The van der Waals surface area contributed by atoms with Gasteiger partial charge < -0.3 is 4.90 Å². The number of hydrogen-bond donors (Lipinski definition) is 0. The van der Waals surface area contributed by atoms with Crippen LogP contribution >= 0.6 is 11.8 Å². The minimum atomic E-state index is 0.122. The lowest BCUT2D eigenvalue weighted by molar-refractivity contribution is -0.127. The van der Waals surface area contributed by atoms with E-state index in [2.05, 4.69) is 17.1 Å². The Bertz CT molecular complexity index is 732. The summed E-state index contributed by atoms with van der Waals surface area (Å²) >= 11 is 1.32. The van der Waals surface area contributed by atoms with E-state index in [0.717, 1.165) is 29.8 Å². The number of carbonyl (C=O) groups is 2. The minimum Gasteiger partial charge on any atom is -0.342 e.